The Labute approximate surface area is 114 Å². The van der Waals surface area contributed by atoms with E-state index >= 15 is 0 Å². The first-order valence-corrected chi connectivity index (χ1v) is 7.20. The van der Waals surface area contributed by atoms with Crippen molar-refractivity contribution in [3.05, 3.63) is 30.0 Å². The minimum absolute atomic E-state index is 0.789. The van der Waals surface area contributed by atoms with Crippen LogP contribution in [0.5, 0.6) is 0 Å². The van der Waals surface area contributed by atoms with Crippen molar-refractivity contribution in [1.82, 2.24) is 10.2 Å². The predicted molar refractivity (Wildman–Crippen MR) is 79.3 cm³/mol. The Hall–Kier alpha value is -1.64. The van der Waals surface area contributed by atoms with E-state index < -0.39 is 0 Å². The number of nitrogens with one attached hydrogen (secondary N) is 1. The van der Waals surface area contributed by atoms with Crippen LogP contribution in [0.25, 0.3) is 10.8 Å². The maximum atomic E-state index is 4.33. The molecule has 1 fully saturated rings. The van der Waals surface area contributed by atoms with Crippen LogP contribution in [0, 0.1) is 18.8 Å². The van der Waals surface area contributed by atoms with Gasteiger partial charge in [0, 0.05) is 17.3 Å². The Bertz CT molecular complexity index is 579. The Morgan fingerprint density at radius 3 is 2.68 bits per heavy atom. The van der Waals surface area contributed by atoms with E-state index in [9.17, 15) is 0 Å². The van der Waals surface area contributed by atoms with Gasteiger partial charge < -0.3 is 5.32 Å². The Morgan fingerprint density at radius 2 is 1.95 bits per heavy atom. The zero-order valence-electron chi connectivity index (χ0n) is 11.7. The Morgan fingerprint density at radius 1 is 1.16 bits per heavy atom. The largest absolute Gasteiger partial charge is 0.368 e. The topological polar surface area (TPSA) is 37.8 Å². The quantitative estimate of drug-likeness (QED) is 0.906. The molecule has 0 amide bonds. The van der Waals surface area contributed by atoms with Gasteiger partial charge in [-0.05, 0) is 31.6 Å². The van der Waals surface area contributed by atoms with Gasteiger partial charge in [-0.1, -0.05) is 37.6 Å². The van der Waals surface area contributed by atoms with Crippen molar-refractivity contribution in [2.75, 3.05) is 11.9 Å². The molecular formula is C16H21N3. The third kappa shape index (κ3) is 2.55. The Balaban J connectivity index is 1.79. The highest BCUT2D eigenvalue weighted by molar-refractivity contribution is 5.92. The second-order valence-electron chi connectivity index (χ2n) is 5.84. The smallest absolute Gasteiger partial charge is 0.156 e. The molecule has 1 aliphatic carbocycles. The SMILES string of the molecule is Cc1nnc(NCC2CCC(C)C2)c2ccccc12. The van der Waals surface area contributed by atoms with Crippen molar-refractivity contribution in [1.29, 1.82) is 0 Å². The van der Waals surface area contributed by atoms with Crippen LogP contribution in [0.1, 0.15) is 31.9 Å². The van der Waals surface area contributed by atoms with E-state index in [1.54, 1.807) is 0 Å². The molecule has 1 heterocycles. The van der Waals surface area contributed by atoms with Crippen molar-refractivity contribution in [3.63, 3.8) is 0 Å². The maximum absolute atomic E-state index is 4.33. The lowest BCUT2D eigenvalue weighted by Gasteiger charge is -2.13. The molecule has 3 rings (SSSR count). The zero-order chi connectivity index (χ0) is 13.2. The van der Waals surface area contributed by atoms with Gasteiger partial charge in [-0.15, -0.1) is 5.10 Å². The van der Waals surface area contributed by atoms with E-state index in [-0.39, 0.29) is 0 Å². The average molecular weight is 255 g/mol. The van der Waals surface area contributed by atoms with Crippen molar-refractivity contribution in [2.24, 2.45) is 11.8 Å². The van der Waals surface area contributed by atoms with Gasteiger partial charge in [-0.3, -0.25) is 0 Å². The number of nitrogens with zero attached hydrogens (tertiary/aromatic N) is 2. The first-order valence-electron chi connectivity index (χ1n) is 7.20. The van der Waals surface area contributed by atoms with Crippen LogP contribution in [-0.2, 0) is 0 Å². The third-order valence-electron chi connectivity index (χ3n) is 4.23. The fourth-order valence-corrected chi connectivity index (χ4v) is 3.12. The molecule has 3 nitrogen and oxygen atoms in total. The molecule has 0 spiro atoms. The molecule has 1 aliphatic rings. The minimum atomic E-state index is 0.789. The summed E-state index contributed by atoms with van der Waals surface area (Å²) < 4.78 is 0. The first-order chi connectivity index (χ1) is 9.24. The van der Waals surface area contributed by atoms with Crippen molar-refractivity contribution in [3.8, 4) is 0 Å². The highest BCUT2D eigenvalue weighted by Gasteiger charge is 2.21. The first kappa shape index (κ1) is 12.4. The van der Waals surface area contributed by atoms with Crippen LogP contribution in [0.3, 0.4) is 0 Å². The van der Waals surface area contributed by atoms with Gasteiger partial charge in [0.2, 0.25) is 0 Å². The van der Waals surface area contributed by atoms with E-state index in [4.69, 9.17) is 0 Å². The summed E-state index contributed by atoms with van der Waals surface area (Å²) in [6.07, 6.45) is 4.04. The number of hydrogen-bond acceptors (Lipinski definition) is 3. The van der Waals surface area contributed by atoms with E-state index in [0.29, 0.717) is 0 Å². The molecule has 2 unspecified atom stereocenters. The van der Waals surface area contributed by atoms with Gasteiger partial charge in [-0.2, -0.15) is 5.10 Å². The number of benzene rings is 1. The van der Waals surface area contributed by atoms with E-state index in [1.165, 1.54) is 30.0 Å². The van der Waals surface area contributed by atoms with Crippen LogP contribution in [0.15, 0.2) is 24.3 Å². The molecule has 0 aliphatic heterocycles. The van der Waals surface area contributed by atoms with Crippen molar-refractivity contribution < 1.29 is 0 Å². The van der Waals surface area contributed by atoms with Crippen molar-refractivity contribution >= 4 is 16.6 Å². The second kappa shape index (κ2) is 5.16. The van der Waals surface area contributed by atoms with Crippen LogP contribution in [-0.4, -0.2) is 16.7 Å². The van der Waals surface area contributed by atoms with Crippen LogP contribution < -0.4 is 5.32 Å². The average Bonchev–Trinajstić information content (AvgIpc) is 2.84. The van der Waals surface area contributed by atoms with Gasteiger partial charge in [-0.25, -0.2) is 0 Å². The molecule has 1 N–H and O–H groups in total. The van der Waals surface area contributed by atoms with Crippen molar-refractivity contribution in [2.45, 2.75) is 33.1 Å². The second-order valence-corrected chi connectivity index (χ2v) is 5.84. The lowest BCUT2D eigenvalue weighted by Crippen LogP contribution is -2.13. The van der Waals surface area contributed by atoms with E-state index in [1.807, 2.05) is 6.92 Å². The standard InChI is InChI=1S/C16H21N3/c1-11-7-8-13(9-11)10-17-16-15-6-4-3-5-14(15)12(2)18-19-16/h3-6,11,13H,7-10H2,1-2H3,(H,17,19). The maximum Gasteiger partial charge on any atom is 0.156 e. The summed E-state index contributed by atoms with van der Waals surface area (Å²) in [4.78, 5) is 0. The van der Waals surface area contributed by atoms with Gasteiger partial charge in [0.25, 0.3) is 0 Å². The molecule has 0 radical (unpaired) electrons. The lowest BCUT2D eigenvalue weighted by molar-refractivity contribution is 0.536. The summed E-state index contributed by atoms with van der Waals surface area (Å²) >= 11 is 0. The molecule has 3 heteroatoms. The summed E-state index contributed by atoms with van der Waals surface area (Å²) in [5.41, 5.74) is 0.996. The van der Waals surface area contributed by atoms with Gasteiger partial charge >= 0.3 is 0 Å². The molecule has 2 atom stereocenters. The summed E-state index contributed by atoms with van der Waals surface area (Å²) in [6, 6.07) is 8.35. The van der Waals surface area contributed by atoms with Crippen LogP contribution in [0.2, 0.25) is 0 Å². The minimum Gasteiger partial charge on any atom is -0.368 e. The summed E-state index contributed by atoms with van der Waals surface area (Å²) in [5, 5.41) is 14.5. The monoisotopic (exact) mass is 255 g/mol. The lowest BCUT2D eigenvalue weighted by atomic mass is 10.1. The third-order valence-corrected chi connectivity index (χ3v) is 4.23. The Kier molecular flexibility index (Phi) is 3.36. The van der Waals surface area contributed by atoms with E-state index in [0.717, 1.165) is 29.9 Å². The number of aromatic nitrogens is 2. The normalized spacial score (nSPS) is 22.8. The van der Waals surface area contributed by atoms with Gasteiger partial charge in [0.15, 0.2) is 5.82 Å². The molecule has 19 heavy (non-hydrogen) atoms. The highest BCUT2D eigenvalue weighted by Crippen LogP contribution is 2.31. The van der Waals surface area contributed by atoms with Gasteiger partial charge in [0.1, 0.15) is 0 Å². The molecular weight excluding hydrogens is 234 g/mol. The molecule has 0 saturated heterocycles. The molecule has 100 valence electrons. The molecule has 1 aromatic heterocycles. The summed E-state index contributed by atoms with van der Waals surface area (Å²) in [5.74, 6) is 2.60. The summed E-state index contributed by atoms with van der Waals surface area (Å²) in [7, 11) is 0. The fraction of sp³-hybridized carbons (Fsp3) is 0.500. The summed E-state index contributed by atoms with van der Waals surface area (Å²) in [6.45, 7) is 5.38. The van der Waals surface area contributed by atoms with Crippen LogP contribution >= 0.6 is 0 Å². The zero-order valence-corrected chi connectivity index (χ0v) is 11.7. The number of fused-ring (bicyclic) bond motifs is 1. The van der Waals surface area contributed by atoms with E-state index in [2.05, 4.69) is 46.7 Å². The number of anilines is 1. The molecule has 1 saturated carbocycles. The number of aryl methyl sites for hydroxylation is 1. The highest BCUT2D eigenvalue weighted by atomic mass is 15.2. The fourth-order valence-electron chi connectivity index (χ4n) is 3.12. The molecule has 0 bridgehead atoms. The molecule has 1 aromatic carbocycles. The number of hydrogen-bond donors (Lipinski definition) is 1. The van der Waals surface area contributed by atoms with Crippen LogP contribution in [0.4, 0.5) is 5.82 Å². The predicted octanol–water partition coefficient (Wildman–Crippen LogP) is 3.79. The molecule has 2 aromatic rings. The van der Waals surface area contributed by atoms with Gasteiger partial charge in [0.05, 0.1) is 5.69 Å². The number of rotatable bonds is 3.